The number of nitrogens with zero attached hydrogens (tertiary/aromatic N) is 2. The molecule has 0 spiro atoms. The van der Waals surface area contributed by atoms with Crippen LogP contribution in [-0.4, -0.2) is 21.8 Å². The van der Waals surface area contributed by atoms with Crippen LogP contribution in [0.25, 0.3) is 0 Å². The third-order valence-electron chi connectivity index (χ3n) is 3.98. The fraction of sp³-hybridized carbons (Fsp3) is 0.0526. The van der Waals surface area contributed by atoms with Crippen LogP contribution in [0.1, 0.15) is 26.3 Å². The Kier molecular flexibility index (Phi) is 4.55. The highest BCUT2D eigenvalue weighted by Crippen LogP contribution is 2.40. The summed E-state index contributed by atoms with van der Waals surface area (Å²) in [7, 11) is 0. The summed E-state index contributed by atoms with van der Waals surface area (Å²) in [5.41, 5.74) is 1.90. The van der Waals surface area contributed by atoms with Gasteiger partial charge in [-0.15, -0.1) is 0 Å². The number of carbonyl (C=O) groups is 2. The zero-order chi connectivity index (χ0) is 18.8. The lowest BCUT2D eigenvalue weighted by Crippen LogP contribution is -2.23. The van der Waals surface area contributed by atoms with E-state index in [0.717, 1.165) is 17.3 Å². The van der Waals surface area contributed by atoms with E-state index in [0.29, 0.717) is 16.1 Å². The Bertz CT molecular complexity index is 1040. The molecule has 0 saturated carbocycles. The van der Waals surface area contributed by atoms with Crippen molar-refractivity contribution in [2.75, 3.05) is 5.32 Å². The molecule has 1 aromatic heterocycles. The smallest absolute Gasteiger partial charge is 0.256 e. The highest BCUT2D eigenvalue weighted by molar-refractivity contribution is 7.99. The maximum absolute atomic E-state index is 14.1. The minimum absolute atomic E-state index is 0.270. The van der Waals surface area contributed by atoms with Crippen LogP contribution in [0.5, 0.6) is 0 Å². The van der Waals surface area contributed by atoms with Gasteiger partial charge in [-0.3, -0.25) is 9.59 Å². The lowest BCUT2D eigenvalue weighted by atomic mass is 10.1. The second kappa shape index (κ2) is 7.16. The van der Waals surface area contributed by atoms with Gasteiger partial charge in [-0.05, 0) is 30.3 Å². The molecule has 4 rings (SSSR count). The van der Waals surface area contributed by atoms with E-state index in [-0.39, 0.29) is 22.9 Å². The summed E-state index contributed by atoms with van der Waals surface area (Å²) < 4.78 is 14.1. The van der Waals surface area contributed by atoms with E-state index < -0.39 is 11.7 Å². The molecule has 2 aromatic carbocycles. The monoisotopic (exact) mass is 380 g/mol. The minimum Gasteiger partial charge on any atom is -0.348 e. The summed E-state index contributed by atoms with van der Waals surface area (Å²) in [6.45, 7) is 0.286. The highest BCUT2D eigenvalue weighted by atomic mass is 32.2. The number of hydrogen-bond donors (Lipinski definition) is 2. The van der Waals surface area contributed by atoms with Gasteiger partial charge in [0.15, 0.2) is 0 Å². The molecular weight excluding hydrogens is 367 g/mol. The molecule has 0 saturated heterocycles. The third kappa shape index (κ3) is 3.52. The molecule has 6 nitrogen and oxygen atoms in total. The van der Waals surface area contributed by atoms with Gasteiger partial charge in [-0.1, -0.05) is 17.8 Å². The normalized spacial score (nSPS) is 12.4. The number of hydrogen-bond acceptors (Lipinski definition) is 5. The van der Waals surface area contributed by atoms with Crippen molar-refractivity contribution < 1.29 is 14.0 Å². The Morgan fingerprint density at radius 1 is 1.19 bits per heavy atom. The van der Waals surface area contributed by atoms with Crippen molar-refractivity contribution in [3.05, 3.63) is 77.6 Å². The second-order valence-corrected chi connectivity index (χ2v) is 6.87. The average Bonchev–Trinajstić information content (AvgIpc) is 2.83. The van der Waals surface area contributed by atoms with Crippen molar-refractivity contribution in [2.45, 2.75) is 16.3 Å². The number of anilines is 1. The fourth-order valence-corrected chi connectivity index (χ4v) is 3.67. The number of nitrogens with one attached hydrogen (secondary N) is 2. The minimum atomic E-state index is -0.451. The summed E-state index contributed by atoms with van der Waals surface area (Å²) in [4.78, 5) is 33.5. The van der Waals surface area contributed by atoms with Crippen molar-refractivity contribution in [1.82, 2.24) is 15.3 Å². The molecule has 2 N–H and O–H groups in total. The Labute approximate surface area is 158 Å². The van der Waals surface area contributed by atoms with Crippen molar-refractivity contribution in [3.8, 4) is 0 Å². The molecule has 134 valence electrons. The van der Waals surface area contributed by atoms with Crippen LogP contribution in [0.3, 0.4) is 0 Å². The van der Waals surface area contributed by atoms with Gasteiger partial charge in [0, 0.05) is 35.0 Å². The molecule has 0 bridgehead atoms. The lowest BCUT2D eigenvalue weighted by molar-refractivity contribution is 0.0949. The molecule has 3 aromatic rings. The SMILES string of the molecule is O=C(NCc1cncnc1)c1ccc2c(c1)NC(=O)c1cccc(F)c1S2. The first-order valence-corrected chi connectivity index (χ1v) is 8.87. The Morgan fingerprint density at radius 3 is 2.81 bits per heavy atom. The van der Waals surface area contributed by atoms with Crippen LogP contribution in [0.4, 0.5) is 10.1 Å². The molecular formula is C19H13FN4O2S. The zero-order valence-corrected chi connectivity index (χ0v) is 14.7. The average molecular weight is 380 g/mol. The summed E-state index contributed by atoms with van der Waals surface area (Å²) in [6.07, 6.45) is 4.65. The van der Waals surface area contributed by atoms with Crippen molar-refractivity contribution >= 4 is 29.3 Å². The van der Waals surface area contributed by atoms with Crippen LogP contribution in [0.2, 0.25) is 0 Å². The molecule has 0 unspecified atom stereocenters. The topological polar surface area (TPSA) is 84.0 Å². The second-order valence-electron chi connectivity index (χ2n) is 5.81. The van der Waals surface area contributed by atoms with E-state index in [9.17, 15) is 14.0 Å². The molecule has 0 aliphatic carbocycles. The molecule has 1 aliphatic rings. The largest absolute Gasteiger partial charge is 0.348 e. The summed E-state index contributed by atoms with van der Waals surface area (Å²) in [5.74, 6) is -1.16. The Hall–Kier alpha value is -3.26. The first kappa shape index (κ1) is 17.2. The standard InChI is InChI=1S/C19H13FN4O2S/c20-14-3-1-2-13-17(14)27-16-5-4-12(6-15(16)24-19(13)26)18(25)23-9-11-7-21-10-22-8-11/h1-8,10H,9H2,(H,23,25)(H,24,26). The number of carbonyl (C=O) groups excluding carboxylic acids is 2. The van der Waals surface area contributed by atoms with Gasteiger partial charge >= 0.3 is 0 Å². The lowest BCUT2D eigenvalue weighted by Gasteiger charge is -2.09. The van der Waals surface area contributed by atoms with E-state index in [2.05, 4.69) is 20.6 Å². The quantitative estimate of drug-likeness (QED) is 0.729. The molecule has 0 atom stereocenters. The van der Waals surface area contributed by atoms with Crippen LogP contribution in [-0.2, 0) is 6.54 Å². The Balaban J connectivity index is 1.57. The predicted molar refractivity (Wildman–Crippen MR) is 98.1 cm³/mol. The van der Waals surface area contributed by atoms with E-state index in [1.165, 1.54) is 18.5 Å². The molecule has 8 heteroatoms. The van der Waals surface area contributed by atoms with Crippen molar-refractivity contribution in [1.29, 1.82) is 0 Å². The number of rotatable bonds is 3. The van der Waals surface area contributed by atoms with Gasteiger partial charge < -0.3 is 10.6 Å². The van der Waals surface area contributed by atoms with Gasteiger partial charge in [0.05, 0.1) is 16.1 Å². The van der Waals surface area contributed by atoms with E-state index in [4.69, 9.17) is 0 Å². The van der Waals surface area contributed by atoms with Gasteiger partial charge in [-0.25, -0.2) is 14.4 Å². The van der Waals surface area contributed by atoms with Crippen LogP contribution in [0, 0.1) is 5.82 Å². The number of fused-ring (bicyclic) bond motifs is 2. The number of amides is 2. The van der Waals surface area contributed by atoms with Crippen LogP contribution < -0.4 is 10.6 Å². The van der Waals surface area contributed by atoms with Crippen molar-refractivity contribution in [3.63, 3.8) is 0 Å². The van der Waals surface area contributed by atoms with E-state index >= 15 is 0 Å². The molecule has 2 heterocycles. The number of halogens is 1. The maximum Gasteiger partial charge on any atom is 0.256 e. The predicted octanol–water partition coefficient (Wildman–Crippen LogP) is 3.26. The third-order valence-corrected chi connectivity index (χ3v) is 5.18. The zero-order valence-electron chi connectivity index (χ0n) is 13.9. The summed E-state index contributed by atoms with van der Waals surface area (Å²) in [5, 5.41) is 5.53. The number of aromatic nitrogens is 2. The van der Waals surface area contributed by atoms with Crippen molar-refractivity contribution in [2.24, 2.45) is 0 Å². The molecule has 0 fully saturated rings. The molecule has 2 amide bonds. The van der Waals surface area contributed by atoms with E-state index in [1.54, 1.807) is 36.7 Å². The van der Waals surface area contributed by atoms with Crippen LogP contribution >= 0.6 is 11.8 Å². The molecule has 1 aliphatic heterocycles. The summed E-state index contributed by atoms with van der Waals surface area (Å²) in [6, 6.07) is 9.31. The highest BCUT2D eigenvalue weighted by Gasteiger charge is 2.23. The number of benzene rings is 2. The maximum atomic E-state index is 14.1. The Morgan fingerprint density at radius 2 is 2.00 bits per heavy atom. The van der Waals surface area contributed by atoms with Crippen LogP contribution in [0.15, 0.2) is 64.9 Å². The van der Waals surface area contributed by atoms with Gasteiger partial charge in [0.25, 0.3) is 11.8 Å². The first-order valence-electron chi connectivity index (χ1n) is 8.05. The van der Waals surface area contributed by atoms with Gasteiger partial charge in [0.2, 0.25) is 0 Å². The molecule has 27 heavy (non-hydrogen) atoms. The van der Waals surface area contributed by atoms with E-state index in [1.807, 2.05) is 0 Å². The first-order chi connectivity index (χ1) is 13.1. The van der Waals surface area contributed by atoms with Gasteiger partial charge in [0.1, 0.15) is 12.1 Å². The van der Waals surface area contributed by atoms with Gasteiger partial charge in [-0.2, -0.15) is 0 Å². The fourth-order valence-electron chi connectivity index (χ4n) is 2.65. The molecule has 0 radical (unpaired) electrons. The summed E-state index contributed by atoms with van der Waals surface area (Å²) >= 11 is 1.16.